The number of benzene rings is 1. The molecule has 0 radical (unpaired) electrons. The number of hydrogen-bond donors (Lipinski definition) is 2. The molecule has 0 saturated carbocycles. The van der Waals surface area contributed by atoms with Crippen molar-refractivity contribution in [3.05, 3.63) is 36.3 Å². The number of hydrogen-bond acceptors (Lipinski definition) is 2. The van der Waals surface area contributed by atoms with E-state index in [-0.39, 0.29) is 0 Å². The fourth-order valence-electron chi connectivity index (χ4n) is 1.59. The largest absolute Gasteiger partial charge is 0.388 e. The van der Waals surface area contributed by atoms with E-state index < -0.39 is 0 Å². The normalized spacial score (nSPS) is 10.8. The summed E-state index contributed by atoms with van der Waals surface area (Å²) >= 11 is 0. The zero-order chi connectivity index (χ0) is 11.5. The highest BCUT2D eigenvalue weighted by molar-refractivity contribution is 5.62. The van der Waals surface area contributed by atoms with Gasteiger partial charge in [0.2, 0.25) is 0 Å². The van der Waals surface area contributed by atoms with Gasteiger partial charge in [0.25, 0.3) is 0 Å². The fourth-order valence-corrected chi connectivity index (χ4v) is 1.59. The van der Waals surface area contributed by atoms with Gasteiger partial charge < -0.3 is 10.3 Å². The molecule has 0 amide bonds. The summed E-state index contributed by atoms with van der Waals surface area (Å²) in [4.78, 5) is 7.70. The van der Waals surface area contributed by atoms with Crippen LogP contribution in [0, 0.1) is 0 Å². The van der Waals surface area contributed by atoms with E-state index in [1.54, 1.807) is 0 Å². The molecule has 0 aliphatic carbocycles. The fraction of sp³-hybridized carbons (Fsp3) is 0.308. The Bertz CT molecular complexity index is 454. The van der Waals surface area contributed by atoms with Crippen molar-refractivity contribution in [2.24, 2.45) is 0 Å². The molecule has 2 aromatic rings. The molecule has 1 aromatic carbocycles. The van der Waals surface area contributed by atoms with Crippen LogP contribution in [0.15, 0.2) is 30.5 Å². The van der Waals surface area contributed by atoms with Gasteiger partial charge in [-0.05, 0) is 17.7 Å². The van der Waals surface area contributed by atoms with Crippen LogP contribution in [0.1, 0.15) is 25.6 Å². The van der Waals surface area contributed by atoms with Crippen LogP contribution in [0.5, 0.6) is 0 Å². The summed E-state index contributed by atoms with van der Waals surface area (Å²) in [6, 6.07) is 8.29. The van der Waals surface area contributed by atoms with E-state index >= 15 is 0 Å². The van der Waals surface area contributed by atoms with Gasteiger partial charge in [0.1, 0.15) is 5.82 Å². The van der Waals surface area contributed by atoms with Gasteiger partial charge in [-0.25, -0.2) is 4.98 Å². The maximum atomic E-state index is 4.36. The lowest BCUT2D eigenvalue weighted by Crippen LogP contribution is -1.89. The smallest absolute Gasteiger partial charge is 0.109 e. The second kappa shape index (κ2) is 4.39. The molecule has 16 heavy (non-hydrogen) atoms. The van der Waals surface area contributed by atoms with Crippen molar-refractivity contribution in [1.29, 1.82) is 0 Å². The molecule has 2 N–H and O–H groups in total. The van der Waals surface area contributed by atoms with Crippen LogP contribution in [0.2, 0.25) is 0 Å². The number of nitrogens with zero attached hydrogens (tertiary/aromatic N) is 1. The Labute approximate surface area is 95.9 Å². The molecule has 2 rings (SSSR count). The molecule has 0 fully saturated rings. The number of rotatable bonds is 3. The second-order valence-electron chi connectivity index (χ2n) is 4.16. The van der Waals surface area contributed by atoms with Crippen molar-refractivity contribution in [3.8, 4) is 11.3 Å². The highest BCUT2D eigenvalue weighted by Gasteiger charge is 2.05. The third kappa shape index (κ3) is 2.08. The molecule has 3 nitrogen and oxygen atoms in total. The Kier molecular flexibility index (Phi) is 2.95. The summed E-state index contributed by atoms with van der Waals surface area (Å²) in [6.45, 7) is 4.26. The number of imidazole rings is 1. The maximum absolute atomic E-state index is 4.36. The van der Waals surface area contributed by atoms with Crippen molar-refractivity contribution in [1.82, 2.24) is 9.97 Å². The van der Waals surface area contributed by atoms with Gasteiger partial charge in [0.15, 0.2) is 0 Å². The van der Waals surface area contributed by atoms with Crippen molar-refractivity contribution >= 4 is 5.69 Å². The van der Waals surface area contributed by atoms with Crippen molar-refractivity contribution in [3.63, 3.8) is 0 Å². The summed E-state index contributed by atoms with van der Waals surface area (Å²) in [7, 11) is 1.92. The Morgan fingerprint density at radius 3 is 2.38 bits per heavy atom. The topological polar surface area (TPSA) is 40.7 Å². The Morgan fingerprint density at radius 2 is 1.88 bits per heavy atom. The number of aromatic nitrogens is 2. The molecule has 0 aliphatic heterocycles. The average molecular weight is 215 g/mol. The summed E-state index contributed by atoms with van der Waals surface area (Å²) in [5.74, 6) is 1.47. The molecule has 1 aromatic heterocycles. The highest BCUT2D eigenvalue weighted by atomic mass is 14.9. The van der Waals surface area contributed by atoms with Crippen LogP contribution in [0.25, 0.3) is 11.3 Å². The second-order valence-corrected chi connectivity index (χ2v) is 4.16. The molecule has 0 saturated heterocycles. The first kappa shape index (κ1) is 10.7. The predicted octanol–water partition coefficient (Wildman–Crippen LogP) is 3.24. The SMILES string of the molecule is CNc1ccc(-c2cnc(C(C)C)[nH]2)cc1. The van der Waals surface area contributed by atoms with Gasteiger partial charge in [0.05, 0.1) is 11.9 Å². The zero-order valence-electron chi connectivity index (χ0n) is 9.91. The molecule has 0 unspecified atom stereocenters. The van der Waals surface area contributed by atoms with Crippen molar-refractivity contribution < 1.29 is 0 Å². The van der Waals surface area contributed by atoms with Gasteiger partial charge in [-0.15, -0.1) is 0 Å². The molecule has 84 valence electrons. The van der Waals surface area contributed by atoms with E-state index in [0.717, 1.165) is 17.2 Å². The molecule has 0 aliphatic rings. The first-order valence-electron chi connectivity index (χ1n) is 5.54. The molecular formula is C13H17N3. The lowest BCUT2D eigenvalue weighted by molar-refractivity contribution is 0.795. The molecule has 0 bridgehead atoms. The van der Waals surface area contributed by atoms with E-state index in [1.165, 1.54) is 5.56 Å². The minimum atomic E-state index is 0.435. The quantitative estimate of drug-likeness (QED) is 0.825. The van der Waals surface area contributed by atoms with Gasteiger partial charge in [-0.1, -0.05) is 26.0 Å². The molecule has 0 spiro atoms. The molecule has 0 atom stereocenters. The molecular weight excluding hydrogens is 198 g/mol. The summed E-state index contributed by atoms with van der Waals surface area (Å²) < 4.78 is 0. The minimum Gasteiger partial charge on any atom is -0.388 e. The van der Waals surface area contributed by atoms with Crippen molar-refractivity contribution in [2.75, 3.05) is 12.4 Å². The molecule has 3 heteroatoms. The molecule has 1 heterocycles. The summed E-state index contributed by atoms with van der Waals surface area (Å²) in [5, 5.41) is 3.10. The number of nitrogens with one attached hydrogen (secondary N) is 2. The number of anilines is 1. The van der Waals surface area contributed by atoms with Gasteiger partial charge >= 0.3 is 0 Å². The maximum Gasteiger partial charge on any atom is 0.109 e. The summed E-state index contributed by atoms with van der Waals surface area (Å²) in [5.41, 5.74) is 3.36. The van der Waals surface area contributed by atoms with E-state index in [1.807, 2.05) is 13.2 Å². The van der Waals surface area contributed by atoms with Crippen LogP contribution in [0.4, 0.5) is 5.69 Å². The van der Waals surface area contributed by atoms with Crippen LogP contribution >= 0.6 is 0 Å². The van der Waals surface area contributed by atoms with Crippen LogP contribution in [-0.2, 0) is 0 Å². The van der Waals surface area contributed by atoms with Crippen molar-refractivity contribution in [2.45, 2.75) is 19.8 Å². The third-order valence-electron chi connectivity index (χ3n) is 2.63. The minimum absolute atomic E-state index is 0.435. The number of H-pyrrole nitrogens is 1. The third-order valence-corrected chi connectivity index (χ3v) is 2.63. The van der Waals surface area contributed by atoms with E-state index in [0.29, 0.717) is 5.92 Å². The Morgan fingerprint density at radius 1 is 1.19 bits per heavy atom. The van der Waals surface area contributed by atoms with E-state index in [4.69, 9.17) is 0 Å². The zero-order valence-corrected chi connectivity index (χ0v) is 9.91. The van der Waals surface area contributed by atoms with Crippen LogP contribution in [-0.4, -0.2) is 17.0 Å². The lowest BCUT2D eigenvalue weighted by Gasteiger charge is -2.02. The standard InChI is InChI=1S/C13H17N3/c1-9(2)13-15-8-12(16-13)10-4-6-11(14-3)7-5-10/h4-9,14H,1-3H3,(H,15,16). The number of aromatic amines is 1. The highest BCUT2D eigenvalue weighted by Crippen LogP contribution is 2.21. The monoisotopic (exact) mass is 215 g/mol. The Hall–Kier alpha value is -1.77. The first-order valence-corrected chi connectivity index (χ1v) is 5.54. The van der Waals surface area contributed by atoms with E-state index in [2.05, 4.69) is 53.4 Å². The Balaban J connectivity index is 2.28. The van der Waals surface area contributed by atoms with E-state index in [9.17, 15) is 0 Å². The van der Waals surface area contributed by atoms with Gasteiger partial charge in [-0.2, -0.15) is 0 Å². The van der Waals surface area contributed by atoms with Crippen LogP contribution in [0.3, 0.4) is 0 Å². The summed E-state index contributed by atoms with van der Waals surface area (Å²) in [6.07, 6.45) is 1.89. The van der Waals surface area contributed by atoms with Gasteiger partial charge in [-0.3, -0.25) is 0 Å². The van der Waals surface area contributed by atoms with Crippen LogP contribution < -0.4 is 5.32 Å². The lowest BCUT2D eigenvalue weighted by atomic mass is 10.1. The van der Waals surface area contributed by atoms with Gasteiger partial charge in [0, 0.05) is 18.7 Å². The predicted molar refractivity (Wildman–Crippen MR) is 67.7 cm³/mol. The first-order chi connectivity index (χ1) is 7.70. The average Bonchev–Trinajstić information content (AvgIpc) is 2.78.